The van der Waals surface area contributed by atoms with Crippen molar-refractivity contribution < 1.29 is 19.1 Å². The number of ether oxygens (including phenoxy) is 2. The normalized spacial score (nSPS) is 11.2. The molecule has 0 saturated carbocycles. The molecule has 0 atom stereocenters. The van der Waals surface area contributed by atoms with Crippen LogP contribution >= 0.6 is 0 Å². The van der Waals surface area contributed by atoms with Gasteiger partial charge in [-0.15, -0.1) is 0 Å². The highest BCUT2D eigenvalue weighted by Gasteiger charge is 2.20. The summed E-state index contributed by atoms with van der Waals surface area (Å²) in [6.45, 7) is 5.26. The van der Waals surface area contributed by atoms with Gasteiger partial charge in [0.05, 0.1) is 23.8 Å². The quantitative estimate of drug-likeness (QED) is 0.654. The van der Waals surface area contributed by atoms with Gasteiger partial charge in [0.15, 0.2) is 0 Å². The Morgan fingerprint density at radius 2 is 1.76 bits per heavy atom. The van der Waals surface area contributed by atoms with Gasteiger partial charge in [0, 0.05) is 16.6 Å². The number of hydrogen-bond donors (Lipinski definition) is 2. The number of fused-ring (bicyclic) bond motifs is 1. The van der Waals surface area contributed by atoms with Crippen LogP contribution in [-0.4, -0.2) is 35.0 Å². The summed E-state index contributed by atoms with van der Waals surface area (Å²) < 4.78 is 10.1. The molecule has 8 nitrogen and oxygen atoms in total. The van der Waals surface area contributed by atoms with Crippen LogP contribution in [0.2, 0.25) is 0 Å². The number of nitrogens with one attached hydrogen (secondary N) is 2. The third kappa shape index (κ3) is 4.43. The summed E-state index contributed by atoms with van der Waals surface area (Å²) in [7, 11) is 1.26. The van der Waals surface area contributed by atoms with E-state index in [4.69, 9.17) is 9.47 Å². The molecule has 0 aliphatic carbocycles. The van der Waals surface area contributed by atoms with Gasteiger partial charge in [-0.3, -0.25) is 10.1 Å². The maximum atomic E-state index is 12.4. The Bertz CT molecular complexity index is 1140. The standard InChI is InChI=1S/C21H21N3O5/c1-21(2,3)29-20(27)22-12-9-10-14(16(11-12)19(26)28-4)17-13-7-5-6-8-15(13)18(25)24-23-17/h5-11H,1-4H3,(H,22,27)(H,24,25). The minimum Gasteiger partial charge on any atom is -0.465 e. The van der Waals surface area contributed by atoms with E-state index < -0.39 is 17.7 Å². The van der Waals surface area contributed by atoms with Crippen LogP contribution in [0, 0.1) is 0 Å². The Hall–Kier alpha value is -3.68. The first-order valence-electron chi connectivity index (χ1n) is 8.90. The Morgan fingerprint density at radius 3 is 2.41 bits per heavy atom. The van der Waals surface area contributed by atoms with Crippen LogP contribution in [0.25, 0.3) is 22.0 Å². The van der Waals surface area contributed by atoms with Crippen molar-refractivity contribution in [2.45, 2.75) is 26.4 Å². The van der Waals surface area contributed by atoms with Gasteiger partial charge < -0.3 is 9.47 Å². The average Bonchev–Trinajstić information content (AvgIpc) is 2.66. The van der Waals surface area contributed by atoms with Crippen molar-refractivity contribution in [1.29, 1.82) is 0 Å². The predicted molar refractivity (Wildman–Crippen MR) is 109 cm³/mol. The molecule has 3 rings (SSSR count). The largest absolute Gasteiger partial charge is 0.465 e. The summed E-state index contributed by atoms with van der Waals surface area (Å²) in [6, 6.07) is 11.7. The van der Waals surface area contributed by atoms with Gasteiger partial charge in [-0.05, 0) is 45.0 Å². The molecule has 0 unspecified atom stereocenters. The van der Waals surface area contributed by atoms with Gasteiger partial charge in [-0.25, -0.2) is 14.7 Å². The number of aromatic amines is 1. The fourth-order valence-electron chi connectivity index (χ4n) is 2.85. The Morgan fingerprint density at radius 1 is 1.07 bits per heavy atom. The minimum atomic E-state index is -0.659. The molecule has 0 saturated heterocycles. The van der Waals surface area contributed by atoms with E-state index in [-0.39, 0.29) is 11.1 Å². The van der Waals surface area contributed by atoms with Gasteiger partial charge in [-0.1, -0.05) is 18.2 Å². The zero-order valence-corrected chi connectivity index (χ0v) is 16.5. The van der Waals surface area contributed by atoms with Crippen LogP contribution in [0.5, 0.6) is 0 Å². The third-order valence-electron chi connectivity index (χ3n) is 4.02. The molecule has 2 aromatic carbocycles. The van der Waals surface area contributed by atoms with E-state index in [9.17, 15) is 14.4 Å². The summed E-state index contributed by atoms with van der Waals surface area (Å²) in [5.74, 6) is -0.607. The molecule has 1 aromatic heterocycles. The molecule has 0 aliphatic heterocycles. The second-order valence-electron chi connectivity index (χ2n) is 7.33. The SMILES string of the molecule is COC(=O)c1cc(NC(=O)OC(C)(C)C)ccc1-c1n[nH]c(=O)c2ccccc12. The van der Waals surface area contributed by atoms with E-state index in [1.807, 2.05) is 0 Å². The Kier molecular flexibility index (Phi) is 5.36. The van der Waals surface area contributed by atoms with E-state index in [0.717, 1.165) is 0 Å². The number of esters is 1. The maximum absolute atomic E-state index is 12.4. The molecule has 3 aromatic rings. The number of rotatable bonds is 3. The molecule has 0 fully saturated rings. The van der Waals surface area contributed by atoms with Crippen molar-refractivity contribution in [3.63, 3.8) is 0 Å². The number of methoxy groups -OCH3 is 1. The molecule has 1 amide bonds. The first-order chi connectivity index (χ1) is 13.7. The number of hydrogen-bond acceptors (Lipinski definition) is 6. The molecule has 1 heterocycles. The Labute approximate surface area is 166 Å². The van der Waals surface area contributed by atoms with Gasteiger partial charge in [0.1, 0.15) is 5.60 Å². The zero-order chi connectivity index (χ0) is 21.2. The smallest absolute Gasteiger partial charge is 0.412 e. The number of carbonyl (C=O) groups excluding carboxylic acids is 2. The van der Waals surface area contributed by atoms with Crippen molar-refractivity contribution >= 4 is 28.5 Å². The van der Waals surface area contributed by atoms with E-state index in [2.05, 4.69) is 15.5 Å². The number of H-pyrrole nitrogens is 1. The third-order valence-corrected chi connectivity index (χ3v) is 4.02. The lowest BCUT2D eigenvalue weighted by Gasteiger charge is -2.20. The molecule has 0 radical (unpaired) electrons. The van der Waals surface area contributed by atoms with Crippen LogP contribution in [-0.2, 0) is 9.47 Å². The van der Waals surface area contributed by atoms with Gasteiger partial charge in [-0.2, -0.15) is 5.10 Å². The fourth-order valence-corrected chi connectivity index (χ4v) is 2.85. The van der Waals surface area contributed by atoms with E-state index in [1.54, 1.807) is 57.2 Å². The number of benzene rings is 2. The van der Waals surface area contributed by atoms with Crippen LogP contribution < -0.4 is 10.9 Å². The van der Waals surface area contributed by atoms with Gasteiger partial charge in [0.2, 0.25) is 0 Å². The van der Waals surface area contributed by atoms with Crippen molar-refractivity contribution in [2.24, 2.45) is 0 Å². The van der Waals surface area contributed by atoms with Crippen molar-refractivity contribution in [1.82, 2.24) is 10.2 Å². The second kappa shape index (κ2) is 7.75. The number of aromatic nitrogens is 2. The highest BCUT2D eigenvalue weighted by molar-refractivity contribution is 6.03. The highest BCUT2D eigenvalue weighted by atomic mass is 16.6. The van der Waals surface area contributed by atoms with Crippen LogP contribution in [0.3, 0.4) is 0 Å². The first kappa shape index (κ1) is 20.1. The summed E-state index contributed by atoms with van der Waals surface area (Å²) in [5.41, 5.74) is 0.437. The summed E-state index contributed by atoms with van der Waals surface area (Å²) >= 11 is 0. The molecular formula is C21H21N3O5. The maximum Gasteiger partial charge on any atom is 0.412 e. The average molecular weight is 395 g/mol. The number of amides is 1. The lowest BCUT2D eigenvalue weighted by Crippen LogP contribution is -2.27. The topological polar surface area (TPSA) is 110 Å². The molecule has 2 N–H and O–H groups in total. The lowest BCUT2D eigenvalue weighted by atomic mass is 9.99. The lowest BCUT2D eigenvalue weighted by molar-refractivity contribution is 0.0597. The van der Waals surface area contributed by atoms with Gasteiger partial charge >= 0.3 is 12.1 Å². The van der Waals surface area contributed by atoms with Gasteiger partial charge in [0.25, 0.3) is 5.56 Å². The van der Waals surface area contributed by atoms with Crippen LogP contribution in [0.4, 0.5) is 10.5 Å². The molecule has 0 spiro atoms. The molecule has 8 heteroatoms. The minimum absolute atomic E-state index is 0.186. The molecule has 29 heavy (non-hydrogen) atoms. The first-order valence-corrected chi connectivity index (χ1v) is 8.90. The van der Waals surface area contributed by atoms with E-state index in [0.29, 0.717) is 27.7 Å². The Balaban J connectivity index is 2.09. The highest BCUT2D eigenvalue weighted by Crippen LogP contribution is 2.30. The monoisotopic (exact) mass is 395 g/mol. The van der Waals surface area contributed by atoms with Crippen molar-refractivity contribution in [2.75, 3.05) is 12.4 Å². The molecule has 150 valence electrons. The van der Waals surface area contributed by atoms with Crippen molar-refractivity contribution in [3.05, 3.63) is 58.4 Å². The number of nitrogens with zero attached hydrogens (tertiary/aromatic N) is 1. The summed E-state index contributed by atoms with van der Waals surface area (Å²) in [5, 5.41) is 10.2. The van der Waals surface area contributed by atoms with E-state index in [1.165, 1.54) is 13.2 Å². The summed E-state index contributed by atoms with van der Waals surface area (Å²) in [4.78, 5) is 36.5. The zero-order valence-electron chi connectivity index (χ0n) is 16.5. The fraction of sp³-hybridized carbons (Fsp3) is 0.238. The van der Waals surface area contributed by atoms with E-state index >= 15 is 0 Å². The molecule has 0 aliphatic rings. The van der Waals surface area contributed by atoms with Crippen LogP contribution in [0.15, 0.2) is 47.3 Å². The second-order valence-corrected chi connectivity index (χ2v) is 7.33. The number of anilines is 1. The molecular weight excluding hydrogens is 374 g/mol. The number of carbonyl (C=O) groups is 2. The van der Waals surface area contributed by atoms with Crippen LogP contribution in [0.1, 0.15) is 31.1 Å². The summed E-state index contributed by atoms with van der Waals surface area (Å²) in [6.07, 6.45) is -0.645. The van der Waals surface area contributed by atoms with Crippen molar-refractivity contribution in [3.8, 4) is 11.3 Å². The predicted octanol–water partition coefficient (Wildman–Crippen LogP) is 3.72. The molecule has 0 bridgehead atoms.